The lowest BCUT2D eigenvalue weighted by Crippen LogP contribution is -2.61. The van der Waals surface area contributed by atoms with E-state index in [0.717, 1.165) is 43.7 Å². The van der Waals surface area contributed by atoms with Gasteiger partial charge in [-0.1, -0.05) is 30.3 Å². The van der Waals surface area contributed by atoms with Crippen LogP contribution in [0, 0.1) is 5.92 Å². The predicted octanol–water partition coefficient (Wildman–Crippen LogP) is 3.83. The Morgan fingerprint density at radius 3 is 2.61 bits per heavy atom. The highest BCUT2D eigenvalue weighted by atomic mass is 16.5. The van der Waals surface area contributed by atoms with Crippen LogP contribution in [0.4, 0.5) is 0 Å². The molecule has 0 bridgehead atoms. The van der Waals surface area contributed by atoms with Crippen molar-refractivity contribution >= 4 is 5.91 Å². The van der Waals surface area contributed by atoms with E-state index in [9.17, 15) is 4.79 Å². The lowest BCUT2D eigenvalue weighted by molar-refractivity contribution is -0.0751. The van der Waals surface area contributed by atoms with Gasteiger partial charge in [-0.25, -0.2) is 0 Å². The molecule has 2 aromatic rings. The molecule has 31 heavy (non-hydrogen) atoms. The number of carbonyl (C=O) groups is 1. The third-order valence-electron chi connectivity index (χ3n) is 7.55. The van der Waals surface area contributed by atoms with E-state index in [1.54, 1.807) is 7.11 Å². The molecular weight excluding hydrogens is 388 g/mol. The number of fused-ring (bicyclic) bond motifs is 1. The topological polar surface area (TPSA) is 42.0 Å². The summed E-state index contributed by atoms with van der Waals surface area (Å²) in [7, 11) is 7.68. The van der Waals surface area contributed by atoms with Crippen LogP contribution in [0.2, 0.25) is 0 Å². The van der Waals surface area contributed by atoms with Crippen molar-refractivity contribution in [3.8, 4) is 5.75 Å². The Labute approximate surface area is 185 Å². The van der Waals surface area contributed by atoms with Gasteiger partial charge in [0.15, 0.2) is 0 Å². The normalized spacial score (nSPS) is 28.6. The molecule has 2 aromatic carbocycles. The molecule has 0 spiro atoms. The highest BCUT2D eigenvalue weighted by Crippen LogP contribution is 2.51. The molecule has 166 valence electrons. The monoisotopic (exact) mass is 422 g/mol. The molecule has 2 fully saturated rings. The summed E-state index contributed by atoms with van der Waals surface area (Å²) < 4.78 is 11.6. The molecule has 1 amide bonds. The van der Waals surface area contributed by atoms with Gasteiger partial charge in [-0.3, -0.25) is 4.79 Å². The number of ether oxygens (including phenoxy) is 2. The maximum atomic E-state index is 13.2. The van der Waals surface area contributed by atoms with Gasteiger partial charge in [0, 0.05) is 43.6 Å². The van der Waals surface area contributed by atoms with Gasteiger partial charge in [0.2, 0.25) is 0 Å². The molecule has 4 rings (SSSR count). The van der Waals surface area contributed by atoms with Gasteiger partial charge in [-0.15, -0.1) is 0 Å². The van der Waals surface area contributed by atoms with Gasteiger partial charge in [0.25, 0.3) is 5.91 Å². The Hall–Kier alpha value is -2.37. The lowest BCUT2D eigenvalue weighted by atomic mass is 9.56. The van der Waals surface area contributed by atoms with Gasteiger partial charge in [0.1, 0.15) is 5.75 Å². The standard InChI is InChI=1S/C26H34N2O3/c1-27-14-13-26(20-11-8-12-22(15-20)30-3)17-21(16-24(31-4)23(26)18-27)28(2)25(29)19-9-6-5-7-10-19/h5-12,15,21,23-24H,13-14,16-18H2,1-4H3/t21-,23?,24?,26?/m0/s1. The fourth-order valence-electron chi connectivity index (χ4n) is 5.76. The van der Waals surface area contributed by atoms with Gasteiger partial charge < -0.3 is 19.3 Å². The number of likely N-dealkylation sites (tertiary alicyclic amines) is 1. The minimum absolute atomic E-state index is 0.0458. The van der Waals surface area contributed by atoms with E-state index in [4.69, 9.17) is 9.47 Å². The highest BCUT2D eigenvalue weighted by molar-refractivity contribution is 5.94. The first-order chi connectivity index (χ1) is 15.0. The number of hydrogen-bond donors (Lipinski definition) is 0. The Balaban J connectivity index is 1.71. The van der Waals surface area contributed by atoms with Crippen molar-refractivity contribution in [2.24, 2.45) is 5.92 Å². The fraction of sp³-hybridized carbons (Fsp3) is 0.500. The van der Waals surface area contributed by atoms with E-state index >= 15 is 0 Å². The van der Waals surface area contributed by atoms with Gasteiger partial charge in [-0.2, -0.15) is 0 Å². The summed E-state index contributed by atoms with van der Waals surface area (Å²) >= 11 is 0. The van der Waals surface area contributed by atoms with Crippen molar-refractivity contribution in [2.45, 2.75) is 36.8 Å². The number of methoxy groups -OCH3 is 2. The summed E-state index contributed by atoms with van der Waals surface area (Å²) in [6.45, 7) is 2.03. The highest BCUT2D eigenvalue weighted by Gasteiger charge is 2.53. The second-order valence-corrected chi connectivity index (χ2v) is 9.16. The van der Waals surface area contributed by atoms with E-state index in [1.807, 2.05) is 55.5 Å². The van der Waals surface area contributed by atoms with Crippen molar-refractivity contribution in [1.82, 2.24) is 9.80 Å². The summed E-state index contributed by atoms with van der Waals surface area (Å²) in [5.41, 5.74) is 1.99. The van der Waals surface area contributed by atoms with E-state index in [0.29, 0.717) is 5.92 Å². The zero-order valence-electron chi connectivity index (χ0n) is 19.1. The van der Waals surface area contributed by atoms with Crippen molar-refractivity contribution in [2.75, 3.05) is 41.4 Å². The minimum atomic E-state index is -0.0458. The van der Waals surface area contributed by atoms with Crippen LogP contribution in [-0.4, -0.2) is 69.3 Å². The molecule has 5 nitrogen and oxygen atoms in total. The minimum Gasteiger partial charge on any atom is -0.497 e. The van der Waals surface area contributed by atoms with Crippen molar-refractivity contribution in [1.29, 1.82) is 0 Å². The third kappa shape index (κ3) is 4.09. The van der Waals surface area contributed by atoms with E-state index in [2.05, 4.69) is 30.1 Å². The SMILES string of the molecule is COc1cccc(C23CCN(C)CC2C(OC)C[C@H](N(C)C(=O)c2ccccc2)C3)c1. The summed E-state index contributed by atoms with van der Waals surface area (Å²) in [5, 5.41) is 0. The molecular formula is C26H34N2O3. The molecule has 0 aromatic heterocycles. The van der Waals surface area contributed by atoms with Crippen LogP contribution >= 0.6 is 0 Å². The van der Waals surface area contributed by atoms with Crippen LogP contribution in [0.5, 0.6) is 5.75 Å². The average Bonchev–Trinajstić information content (AvgIpc) is 2.83. The average molecular weight is 423 g/mol. The number of piperidine rings is 1. The number of nitrogens with zero attached hydrogens (tertiary/aromatic N) is 2. The van der Waals surface area contributed by atoms with Crippen LogP contribution in [-0.2, 0) is 10.2 Å². The Morgan fingerprint density at radius 1 is 1.13 bits per heavy atom. The molecule has 3 unspecified atom stereocenters. The van der Waals surface area contributed by atoms with Crippen LogP contribution < -0.4 is 4.74 Å². The molecule has 0 radical (unpaired) electrons. The lowest BCUT2D eigenvalue weighted by Gasteiger charge is -2.56. The summed E-state index contributed by atoms with van der Waals surface area (Å²) in [6.07, 6.45) is 2.94. The Bertz CT molecular complexity index is 903. The molecule has 1 aliphatic heterocycles. The smallest absolute Gasteiger partial charge is 0.253 e. The van der Waals surface area contributed by atoms with E-state index in [1.165, 1.54) is 5.56 Å². The Morgan fingerprint density at radius 2 is 1.90 bits per heavy atom. The van der Waals surface area contributed by atoms with Crippen LogP contribution in [0.25, 0.3) is 0 Å². The first kappa shape index (κ1) is 21.8. The van der Waals surface area contributed by atoms with E-state index < -0.39 is 0 Å². The Kier molecular flexibility index (Phi) is 6.35. The quantitative estimate of drug-likeness (QED) is 0.734. The molecule has 2 aliphatic rings. The maximum Gasteiger partial charge on any atom is 0.253 e. The van der Waals surface area contributed by atoms with Gasteiger partial charge in [0.05, 0.1) is 13.2 Å². The molecule has 1 saturated carbocycles. The second-order valence-electron chi connectivity index (χ2n) is 9.16. The summed E-state index contributed by atoms with van der Waals surface area (Å²) in [4.78, 5) is 17.6. The first-order valence-electron chi connectivity index (χ1n) is 11.2. The zero-order chi connectivity index (χ0) is 22.0. The van der Waals surface area contributed by atoms with Crippen LogP contribution in [0.15, 0.2) is 54.6 Å². The second kappa shape index (κ2) is 9.01. The summed E-state index contributed by atoms with van der Waals surface area (Å²) in [5.74, 6) is 1.34. The largest absolute Gasteiger partial charge is 0.497 e. The molecule has 1 aliphatic carbocycles. The van der Waals surface area contributed by atoms with Crippen LogP contribution in [0.3, 0.4) is 0 Å². The van der Waals surface area contributed by atoms with Crippen molar-refractivity contribution in [3.63, 3.8) is 0 Å². The molecule has 0 N–H and O–H groups in total. The zero-order valence-corrected chi connectivity index (χ0v) is 19.1. The molecule has 1 saturated heterocycles. The fourth-order valence-corrected chi connectivity index (χ4v) is 5.76. The van der Waals surface area contributed by atoms with Gasteiger partial charge in [-0.05, 0) is 62.7 Å². The van der Waals surface area contributed by atoms with Crippen molar-refractivity contribution < 1.29 is 14.3 Å². The molecule has 5 heteroatoms. The first-order valence-corrected chi connectivity index (χ1v) is 11.2. The van der Waals surface area contributed by atoms with Crippen molar-refractivity contribution in [3.05, 3.63) is 65.7 Å². The molecule has 4 atom stereocenters. The molecule has 1 heterocycles. The number of rotatable bonds is 5. The van der Waals surface area contributed by atoms with E-state index in [-0.39, 0.29) is 23.5 Å². The predicted molar refractivity (Wildman–Crippen MR) is 123 cm³/mol. The number of hydrogen-bond acceptors (Lipinski definition) is 4. The number of amides is 1. The third-order valence-corrected chi connectivity index (χ3v) is 7.55. The summed E-state index contributed by atoms with van der Waals surface area (Å²) in [6, 6.07) is 18.2. The number of benzene rings is 2. The van der Waals surface area contributed by atoms with Crippen LogP contribution in [0.1, 0.15) is 35.2 Å². The van der Waals surface area contributed by atoms with Gasteiger partial charge >= 0.3 is 0 Å². The number of carbonyl (C=O) groups excluding carboxylic acids is 1. The maximum absolute atomic E-state index is 13.2.